The van der Waals surface area contributed by atoms with Crippen molar-refractivity contribution >= 4 is 5.91 Å². The molecule has 0 aliphatic heterocycles. The van der Waals surface area contributed by atoms with E-state index < -0.39 is 0 Å². The highest BCUT2D eigenvalue weighted by atomic mass is 16.3. The Morgan fingerprint density at radius 1 is 0.923 bits per heavy atom. The Kier molecular flexibility index (Phi) is 13.8. The maximum absolute atomic E-state index is 11.8. The largest absolute Gasteiger partial charge is 0.393 e. The molecule has 1 unspecified atom stereocenters. The molecule has 0 fully saturated rings. The number of aliphatic hydroxyl groups is 1. The molecule has 0 aromatic heterocycles. The third kappa shape index (κ3) is 12.9. The van der Waals surface area contributed by atoms with Crippen LogP contribution in [0.4, 0.5) is 0 Å². The lowest BCUT2D eigenvalue weighted by atomic mass is 10.0. The molecule has 0 saturated carbocycles. The van der Waals surface area contributed by atoms with Crippen LogP contribution in [0.1, 0.15) is 89.5 Å². The highest BCUT2D eigenvalue weighted by molar-refractivity contribution is 5.75. The summed E-state index contributed by atoms with van der Waals surface area (Å²) < 4.78 is 0. The molecule has 0 heterocycles. The average Bonchev–Trinajstić information content (AvgIpc) is 2.65. The summed E-state index contributed by atoms with van der Waals surface area (Å²) in [6, 6.07) is 10.2. The van der Waals surface area contributed by atoms with Crippen molar-refractivity contribution in [2.45, 2.75) is 96.5 Å². The first kappa shape index (κ1) is 22.7. The second kappa shape index (κ2) is 15.9. The highest BCUT2D eigenvalue weighted by Crippen LogP contribution is 2.13. The molecule has 1 rings (SSSR count). The molecule has 0 aliphatic rings. The van der Waals surface area contributed by atoms with Crippen LogP contribution < -0.4 is 5.32 Å². The summed E-state index contributed by atoms with van der Waals surface area (Å²) >= 11 is 0. The minimum atomic E-state index is -0.127. The molecule has 1 aromatic carbocycles. The van der Waals surface area contributed by atoms with E-state index in [9.17, 15) is 9.90 Å². The molecule has 0 spiro atoms. The fraction of sp³-hybridized carbons (Fsp3) is 0.696. The molecule has 26 heavy (non-hydrogen) atoms. The fourth-order valence-electron chi connectivity index (χ4n) is 3.23. The number of nitrogens with one attached hydrogen (secondary N) is 1. The number of hydrogen-bond acceptors (Lipinski definition) is 2. The van der Waals surface area contributed by atoms with Gasteiger partial charge in [0.05, 0.1) is 6.10 Å². The maximum atomic E-state index is 11.8. The standard InChI is InChI=1S/C23H39NO2/c1-2-3-4-5-11-16-22(25)17-12-6-7-13-18-23(26)24-20-19-21-14-9-8-10-15-21/h8-10,14-15,22,25H,2-7,11-13,16-20H2,1H3,(H,24,26). The van der Waals surface area contributed by atoms with Gasteiger partial charge in [0.15, 0.2) is 0 Å². The van der Waals surface area contributed by atoms with E-state index in [1.807, 2.05) is 18.2 Å². The van der Waals surface area contributed by atoms with Crippen LogP contribution in [0.5, 0.6) is 0 Å². The van der Waals surface area contributed by atoms with Crippen LogP contribution in [0.15, 0.2) is 30.3 Å². The van der Waals surface area contributed by atoms with Crippen molar-refractivity contribution in [2.24, 2.45) is 0 Å². The Labute approximate surface area is 160 Å². The lowest BCUT2D eigenvalue weighted by Gasteiger charge is -2.10. The molecule has 3 heteroatoms. The van der Waals surface area contributed by atoms with Gasteiger partial charge in [0.1, 0.15) is 0 Å². The van der Waals surface area contributed by atoms with Crippen molar-refractivity contribution in [1.82, 2.24) is 5.32 Å². The summed E-state index contributed by atoms with van der Waals surface area (Å²) in [6.45, 7) is 2.94. The first-order valence-corrected chi connectivity index (χ1v) is 10.7. The molecule has 1 atom stereocenters. The van der Waals surface area contributed by atoms with Gasteiger partial charge in [0.25, 0.3) is 0 Å². The highest BCUT2D eigenvalue weighted by Gasteiger charge is 2.04. The third-order valence-electron chi connectivity index (χ3n) is 4.91. The van der Waals surface area contributed by atoms with Crippen LogP contribution in [-0.4, -0.2) is 23.7 Å². The Balaban J connectivity index is 1.88. The Morgan fingerprint density at radius 2 is 1.54 bits per heavy atom. The summed E-state index contributed by atoms with van der Waals surface area (Å²) in [4.78, 5) is 11.8. The second-order valence-electron chi connectivity index (χ2n) is 7.40. The zero-order valence-corrected chi connectivity index (χ0v) is 16.7. The van der Waals surface area contributed by atoms with Crippen LogP contribution in [0, 0.1) is 0 Å². The first-order valence-electron chi connectivity index (χ1n) is 10.7. The van der Waals surface area contributed by atoms with Gasteiger partial charge in [-0.3, -0.25) is 4.79 Å². The van der Waals surface area contributed by atoms with Crippen LogP contribution in [-0.2, 0) is 11.2 Å². The summed E-state index contributed by atoms with van der Waals surface area (Å²) in [5, 5.41) is 13.0. The number of unbranched alkanes of at least 4 members (excludes halogenated alkanes) is 7. The van der Waals surface area contributed by atoms with E-state index in [0.29, 0.717) is 13.0 Å². The van der Waals surface area contributed by atoms with E-state index in [0.717, 1.165) is 51.4 Å². The van der Waals surface area contributed by atoms with Crippen molar-refractivity contribution in [3.63, 3.8) is 0 Å². The molecule has 0 radical (unpaired) electrons. The van der Waals surface area contributed by atoms with Crippen molar-refractivity contribution in [2.75, 3.05) is 6.54 Å². The van der Waals surface area contributed by atoms with E-state index in [2.05, 4.69) is 24.4 Å². The Hall–Kier alpha value is -1.35. The smallest absolute Gasteiger partial charge is 0.220 e. The van der Waals surface area contributed by atoms with Gasteiger partial charge in [-0.1, -0.05) is 88.6 Å². The summed E-state index contributed by atoms with van der Waals surface area (Å²) in [5.74, 6) is 0.160. The van der Waals surface area contributed by atoms with Gasteiger partial charge >= 0.3 is 0 Å². The van der Waals surface area contributed by atoms with E-state index in [-0.39, 0.29) is 12.0 Å². The molecule has 148 valence electrons. The monoisotopic (exact) mass is 361 g/mol. The van der Waals surface area contributed by atoms with Crippen LogP contribution >= 0.6 is 0 Å². The summed E-state index contributed by atoms with van der Waals surface area (Å²) in [7, 11) is 0. The molecule has 0 saturated heterocycles. The number of benzene rings is 1. The normalized spacial score (nSPS) is 12.1. The van der Waals surface area contributed by atoms with Gasteiger partial charge in [-0.25, -0.2) is 0 Å². The van der Waals surface area contributed by atoms with Crippen molar-refractivity contribution in [3.8, 4) is 0 Å². The van der Waals surface area contributed by atoms with E-state index in [1.54, 1.807) is 0 Å². The lowest BCUT2D eigenvalue weighted by Crippen LogP contribution is -2.25. The van der Waals surface area contributed by atoms with Gasteiger partial charge < -0.3 is 10.4 Å². The molecule has 1 amide bonds. The maximum Gasteiger partial charge on any atom is 0.220 e. The van der Waals surface area contributed by atoms with Crippen LogP contribution in [0.25, 0.3) is 0 Å². The topological polar surface area (TPSA) is 49.3 Å². The lowest BCUT2D eigenvalue weighted by molar-refractivity contribution is -0.121. The van der Waals surface area contributed by atoms with Gasteiger partial charge in [0.2, 0.25) is 5.91 Å². The third-order valence-corrected chi connectivity index (χ3v) is 4.91. The average molecular weight is 362 g/mol. The predicted molar refractivity (Wildman–Crippen MR) is 110 cm³/mol. The van der Waals surface area contributed by atoms with Gasteiger partial charge in [0, 0.05) is 13.0 Å². The summed E-state index contributed by atoms with van der Waals surface area (Å²) in [5.41, 5.74) is 1.26. The van der Waals surface area contributed by atoms with E-state index in [4.69, 9.17) is 0 Å². The molecule has 0 aliphatic carbocycles. The van der Waals surface area contributed by atoms with Crippen molar-refractivity contribution in [3.05, 3.63) is 35.9 Å². The molecule has 0 bridgehead atoms. The predicted octanol–water partition coefficient (Wildman–Crippen LogP) is 5.41. The van der Waals surface area contributed by atoms with E-state index in [1.165, 1.54) is 31.2 Å². The first-order chi connectivity index (χ1) is 12.7. The number of hydrogen-bond donors (Lipinski definition) is 2. The zero-order valence-electron chi connectivity index (χ0n) is 16.7. The molecular weight excluding hydrogens is 322 g/mol. The molecule has 2 N–H and O–H groups in total. The summed E-state index contributed by atoms with van der Waals surface area (Å²) in [6.07, 6.45) is 13.8. The number of aliphatic hydroxyl groups excluding tert-OH is 1. The Bertz CT molecular complexity index is 447. The quantitative estimate of drug-likeness (QED) is 0.387. The van der Waals surface area contributed by atoms with Crippen LogP contribution in [0.3, 0.4) is 0 Å². The molecular formula is C23H39NO2. The van der Waals surface area contributed by atoms with Gasteiger partial charge in [-0.05, 0) is 31.2 Å². The van der Waals surface area contributed by atoms with Gasteiger partial charge in [-0.15, -0.1) is 0 Å². The second-order valence-corrected chi connectivity index (χ2v) is 7.40. The minimum absolute atomic E-state index is 0.127. The Morgan fingerprint density at radius 3 is 2.19 bits per heavy atom. The van der Waals surface area contributed by atoms with Crippen LogP contribution in [0.2, 0.25) is 0 Å². The number of amides is 1. The fourth-order valence-corrected chi connectivity index (χ4v) is 3.23. The number of rotatable bonds is 16. The number of carbonyl (C=O) groups is 1. The zero-order chi connectivity index (χ0) is 18.9. The van der Waals surface area contributed by atoms with E-state index >= 15 is 0 Å². The SMILES string of the molecule is CCCCCCCC(O)CCCCCCC(=O)NCCc1ccccc1. The molecule has 3 nitrogen and oxygen atoms in total. The number of carbonyl (C=O) groups excluding carboxylic acids is 1. The van der Waals surface area contributed by atoms with Gasteiger partial charge in [-0.2, -0.15) is 0 Å². The molecule has 1 aromatic rings. The van der Waals surface area contributed by atoms with Crippen molar-refractivity contribution in [1.29, 1.82) is 0 Å². The minimum Gasteiger partial charge on any atom is -0.393 e. The van der Waals surface area contributed by atoms with Crippen molar-refractivity contribution < 1.29 is 9.90 Å².